The van der Waals surface area contributed by atoms with Crippen molar-refractivity contribution in [1.29, 1.82) is 0 Å². The molecule has 4 nitrogen and oxygen atoms in total. The Morgan fingerprint density at radius 1 is 0.962 bits per heavy atom. The topological polar surface area (TPSA) is 59.1 Å². The van der Waals surface area contributed by atoms with E-state index >= 15 is 0 Å². The quantitative estimate of drug-likeness (QED) is 0.654. The molecule has 0 bridgehead atoms. The lowest BCUT2D eigenvalue weighted by Gasteiger charge is -2.06. The molecule has 0 fully saturated rings. The molecular formula is C16H10F4N2O2S2. The minimum atomic E-state index is -4.37. The summed E-state index contributed by atoms with van der Waals surface area (Å²) in [6, 6.07) is 5.48. The maximum atomic E-state index is 13.7. The highest BCUT2D eigenvalue weighted by atomic mass is 32.2. The number of halogens is 4. The van der Waals surface area contributed by atoms with E-state index in [2.05, 4.69) is 9.71 Å². The van der Waals surface area contributed by atoms with E-state index in [1.54, 1.807) is 0 Å². The summed E-state index contributed by atoms with van der Waals surface area (Å²) >= 11 is 0.936. The number of benzene rings is 2. The Labute approximate surface area is 150 Å². The van der Waals surface area contributed by atoms with Crippen molar-refractivity contribution in [3.63, 3.8) is 0 Å². The Balaban J connectivity index is 1.79. The smallest absolute Gasteiger partial charge is 0.255 e. The van der Waals surface area contributed by atoms with Crippen molar-refractivity contribution >= 4 is 26.5 Å². The fraction of sp³-hybridized carbons (Fsp3) is 0.0625. The predicted octanol–water partition coefficient (Wildman–Crippen LogP) is 4.09. The third kappa shape index (κ3) is 4.02. The van der Waals surface area contributed by atoms with Gasteiger partial charge in [-0.3, -0.25) is 4.72 Å². The van der Waals surface area contributed by atoms with Crippen LogP contribution in [0.2, 0.25) is 0 Å². The Hall–Kier alpha value is -2.46. The van der Waals surface area contributed by atoms with Crippen LogP contribution in [0.15, 0.2) is 47.5 Å². The molecule has 136 valence electrons. The molecule has 0 aliphatic rings. The summed E-state index contributed by atoms with van der Waals surface area (Å²) in [5.74, 6) is -3.96. The molecule has 0 atom stereocenters. The van der Waals surface area contributed by atoms with E-state index < -0.39 is 38.2 Å². The molecule has 3 aromatic rings. The molecular weight excluding hydrogens is 392 g/mol. The predicted molar refractivity (Wildman–Crippen MR) is 88.4 cm³/mol. The molecule has 2 aromatic carbocycles. The van der Waals surface area contributed by atoms with E-state index in [0.29, 0.717) is 22.6 Å². The Kier molecular flexibility index (Phi) is 4.97. The van der Waals surface area contributed by atoms with Gasteiger partial charge in [0.2, 0.25) is 0 Å². The van der Waals surface area contributed by atoms with Crippen molar-refractivity contribution in [3.05, 3.63) is 76.3 Å². The summed E-state index contributed by atoms with van der Waals surface area (Å²) in [5, 5.41) is -0.0637. The number of sulfonamides is 1. The second-order valence-corrected chi connectivity index (χ2v) is 8.00. The van der Waals surface area contributed by atoms with Crippen LogP contribution in [-0.2, 0) is 16.4 Å². The van der Waals surface area contributed by atoms with E-state index in [-0.39, 0.29) is 11.6 Å². The largest absolute Gasteiger partial charge is 0.266 e. The summed E-state index contributed by atoms with van der Waals surface area (Å²) in [5.41, 5.74) is 0.470. The van der Waals surface area contributed by atoms with Gasteiger partial charge in [-0.2, -0.15) is 0 Å². The van der Waals surface area contributed by atoms with Crippen molar-refractivity contribution in [1.82, 2.24) is 4.98 Å². The van der Waals surface area contributed by atoms with Gasteiger partial charge in [-0.15, -0.1) is 11.3 Å². The molecule has 1 heterocycles. The average Bonchev–Trinajstić information content (AvgIpc) is 2.99. The van der Waals surface area contributed by atoms with Gasteiger partial charge in [0.05, 0.1) is 0 Å². The van der Waals surface area contributed by atoms with Gasteiger partial charge >= 0.3 is 0 Å². The highest BCUT2D eigenvalue weighted by Gasteiger charge is 2.21. The molecule has 26 heavy (non-hydrogen) atoms. The van der Waals surface area contributed by atoms with Crippen LogP contribution in [0.1, 0.15) is 10.4 Å². The Morgan fingerprint density at radius 3 is 2.42 bits per heavy atom. The molecule has 0 saturated heterocycles. The van der Waals surface area contributed by atoms with Gasteiger partial charge in [-0.05, 0) is 35.9 Å². The molecule has 1 N–H and O–H groups in total. The van der Waals surface area contributed by atoms with Crippen LogP contribution in [-0.4, -0.2) is 13.4 Å². The third-order valence-corrected chi connectivity index (χ3v) is 5.72. The van der Waals surface area contributed by atoms with Crippen LogP contribution in [0.25, 0.3) is 0 Å². The third-order valence-electron chi connectivity index (χ3n) is 3.32. The van der Waals surface area contributed by atoms with E-state index in [1.807, 2.05) is 0 Å². The first kappa shape index (κ1) is 18.3. The number of anilines is 1. The first-order valence-electron chi connectivity index (χ1n) is 7.11. The molecule has 0 aliphatic carbocycles. The fourth-order valence-electron chi connectivity index (χ4n) is 2.14. The van der Waals surface area contributed by atoms with Gasteiger partial charge in [0.1, 0.15) is 16.5 Å². The highest BCUT2D eigenvalue weighted by molar-refractivity contribution is 7.93. The lowest BCUT2D eigenvalue weighted by molar-refractivity contribution is 0.507. The van der Waals surface area contributed by atoms with Crippen molar-refractivity contribution in [2.75, 3.05) is 4.72 Å². The van der Waals surface area contributed by atoms with Crippen LogP contribution in [0, 0.1) is 23.3 Å². The number of nitrogens with zero attached hydrogens (tertiary/aromatic N) is 1. The molecule has 0 aliphatic heterocycles. The first-order chi connectivity index (χ1) is 12.2. The number of thiazole rings is 1. The number of hydrogen-bond acceptors (Lipinski definition) is 4. The van der Waals surface area contributed by atoms with Gasteiger partial charge in [0, 0.05) is 17.5 Å². The Morgan fingerprint density at radius 2 is 1.69 bits per heavy atom. The SMILES string of the molecule is O=S(=O)(Nc1ncc(Cc2ccc(F)c(F)c2)s1)c1cc(F)ccc1F. The van der Waals surface area contributed by atoms with E-state index in [4.69, 9.17) is 0 Å². The van der Waals surface area contributed by atoms with Crippen LogP contribution in [0.5, 0.6) is 0 Å². The second kappa shape index (κ2) is 7.04. The Bertz CT molecular complexity index is 1070. The molecule has 1 aromatic heterocycles. The second-order valence-electron chi connectivity index (χ2n) is 5.24. The summed E-state index contributed by atoms with van der Waals surface area (Å²) in [4.78, 5) is 3.58. The minimum Gasteiger partial charge on any atom is -0.255 e. The average molecular weight is 402 g/mol. The molecule has 0 spiro atoms. The van der Waals surface area contributed by atoms with Gasteiger partial charge in [0.25, 0.3) is 10.0 Å². The molecule has 0 amide bonds. The first-order valence-corrected chi connectivity index (χ1v) is 9.41. The highest BCUT2D eigenvalue weighted by Crippen LogP contribution is 2.25. The van der Waals surface area contributed by atoms with Crippen molar-refractivity contribution in [2.45, 2.75) is 11.3 Å². The van der Waals surface area contributed by atoms with E-state index in [0.717, 1.165) is 29.5 Å². The summed E-state index contributed by atoms with van der Waals surface area (Å²) in [6.45, 7) is 0. The van der Waals surface area contributed by atoms with Gasteiger partial charge in [0.15, 0.2) is 16.8 Å². The van der Waals surface area contributed by atoms with Crippen molar-refractivity contribution < 1.29 is 26.0 Å². The van der Waals surface area contributed by atoms with Crippen molar-refractivity contribution in [2.24, 2.45) is 0 Å². The van der Waals surface area contributed by atoms with E-state index in [9.17, 15) is 26.0 Å². The lowest BCUT2D eigenvalue weighted by Crippen LogP contribution is -2.14. The van der Waals surface area contributed by atoms with Crippen LogP contribution in [0.4, 0.5) is 22.7 Å². The fourth-order valence-corrected chi connectivity index (χ4v) is 4.32. The molecule has 10 heteroatoms. The summed E-state index contributed by atoms with van der Waals surface area (Å²) in [6.07, 6.45) is 1.55. The molecule has 3 rings (SSSR count). The summed E-state index contributed by atoms with van der Waals surface area (Å²) < 4.78 is 79.4. The van der Waals surface area contributed by atoms with Crippen LogP contribution in [0.3, 0.4) is 0 Å². The zero-order valence-electron chi connectivity index (χ0n) is 12.8. The lowest BCUT2D eigenvalue weighted by atomic mass is 10.1. The number of nitrogens with one attached hydrogen (secondary N) is 1. The van der Waals surface area contributed by atoms with Crippen molar-refractivity contribution in [3.8, 4) is 0 Å². The van der Waals surface area contributed by atoms with Gasteiger partial charge in [-0.25, -0.2) is 31.0 Å². The minimum absolute atomic E-state index is 0.0637. The molecule has 0 unspecified atom stereocenters. The van der Waals surface area contributed by atoms with E-state index in [1.165, 1.54) is 12.3 Å². The van der Waals surface area contributed by atoms with Gasteiger partial charge in [-0.1, -0.05) is 6.07 Å². The molecule has 0 saturated carbocycles. The number of aromatic nitrogens is 1. The zero-order valence-corrected chi connectivity index (χ0v) is 14.5. The summed E-state index contributed by atoms with van der Waals surface area (Å²) in [7, 11) is -4.37. The monoisotopic (exact) mass is 402 g/mol. The molecule has 0 radical (unpaired) electrons. The normalized spacial score (nSPS) is 11.5. The zero-order chi connectivity index (χ0) is 18.9. The van der Waals surface area contributed by atoms with Gasteiger partial charge < -0.3 is 0 Å². The number of hydrogen-bond donors (Lipinski definition) is 1. The van der Waals surface area contributed by atoms with Crippen LogP contribution < -0.4 is 4.72 Å². The maximum Gasteiger partial charge on any atom is 0.266 e. The van der Waals surface area contributed by atoms with Crippen LogP contribution >= 0.6 is 11.3 Å². The number of rotatable bonds is 5. The maximum absolute atomic E-state index is 13.7. The standard InChI is InChI=1S/C16H10F4N2O2S2/c17-10-2-4-13(19)15(7-10)26(23,24)22-16-21-8-11(25-16)5-9-1-3-12(18)14(20)6-9/h1-4,6-8H,5H2,(H,21,22).